The molecule has 11 rings (SSSR count). The predicted octanol–water partition coefficient (Wildman–Crippen LogP) is 17.1. The van der Waals surface area contributed by atoms with Crippen LogP contribution in [0.3, 0.4) is 0 Å². The van der Waals surface area contributed by atoms with E-state index in [2.05, 4.69) is 36.4 Å². The Labute approximate surface area is 387 Å². The van der Waals surface area contributed by atoms with Gasteiger partial charge in [0.2, 0.25) is 0 Å². The molecule has 0 fully saturated rings. The minimum atomic E-state index is -5.13. The lowest BCUT2D eigenvalue weighted by Gasteiger charge is -2.23. The van der Waals surface area contributed by atoms with Gasteiger partial charge in [-0.15, -0.1) is 0 Å². The number of fused-ring (bicyclic) bond motifs is 6. The lowest BCUT2D eigenvalue weighted by atomic mass is 9.89. The highest BCUT2D eigenvalue weighted by Gasteiger charge is 2.41. The molecule has 0 spiro atoms. The number of nitriles is 1. The van der Waals surface area contributed by atoms with Crippen molar-refractivity contribution >= 4 is 43.6 Å². The van der Waals surface area contributed by atoms with Crippen LogP contribution in [0.5, 0.6) is 0 Å². The van der Waals surface area contributed by atoms with Crippen molar-refractivity contribution in [3.05, 3.63) is 216 Å². The second-order valence-electron chi connectivity index (χ2n) is 17.2. The van der Waals surface area contributed by atoms with E-state index in [4.69, 9.17) is 0 Å². The molecule has 9 heteroatoms. The number of para-hydroxylation sites is 2. The van der Waals surface area contributed by atoms with Gasteiger partial charge in [0.1, 0.15) is 0 Å². The zero-order valence-corrected chi connectivity index (χ0v) is 36.5. The largest absolute Gasteiger partial charge is 0.417 e. The number of rotatable bonds is 6. The molecule has 9 aromatic carbocycles. The molecule has 330 valence electrons. The van der Waals surface area contributed by atoms with Gasteiger partial charge in [0, 0.05) is 38.2 Å². The van der Waals surface area contributed by atoms with E-state index in [1.54, 1.807) is 18.2 Å². The number of aromatic nitrogens is 2. The summed E-state index contributed by atoms with van der Waals surface area (Å²) in [5.74, 6) is 0. The molecule has 0 N–H and O–H groups in total. The predicted molar refractivity (Wildman–Crippen MR) is 261 cm³/mol. The Kier molecular flexibility index (Phi) is 9.90. The maximum Gasteiger partial charge on any atom is 0.417 e. The van der Waals surface area contributed by atoms with Crippen molar-refractivity contribution < 1.29 is 26.3 Å². The van der Waals surface area contributed by atoms with Gasteiger partial charge in [-0.3, -0.25) is 0 Å². The first-order valence-corrected chi connectivity index (χ1v) is 21.9. The van der Waals surface area contributed by atoms with E-state index in [1.165, 1.54) is 12.1 Å². The van der Waals surface area contributed by atoms with Crippen LogP contribution in [0.15, 0.2) is 188 Å². The number of alkyl halides is 6. The molecular formula is C59H37F6N3. The second kappa shape index (κ2) is 15.9. The molecule has 2 aromatic heterocycles. The van der Waals surface area contributed by atoms with E-state index in [1.807, 2.05) is 132 Å². The molecule has 0 radical (unpaired) electrons. The second-order valence-corrected chi connectivity index (χ2v) is 17.2. The third kappa shape index (κ3) is 6.99. The summed E-state index contributed by atoms with van der Waals surface area (Å²) in [6.07, 6.45) is -10.3. The monoisotopic (exact) mass is 901 g/mol. The zero-order valence-electron chi connectivity index (χ0n) is 36.5. The number of benzene rings is 9. The smallest absolute Gasteiger partial charge is 0.309 e. The summed E-state index contributed by atoms with van der Waals surface area (Å²) >= 11 is 0. The van der Waals surface area contributed by atoms with E-state index in [0.717, 1.165) is 83.1 Å². The maximum absolute atomic E-state index is 15.0. The Hall–Kier alpha value is -8.35. The van der Waals surface area contributed by atoms with Crippen LogP contribution in [-0.2, 0) is 12.4 Å². The van der Waals surface area contributed by atoms with Crippen molar-refractivity contribution in [1.29, 1.82) is 5.26 Å². The van der Waals surface area contributed by atoms with Gasteiger partial charge in [0.15, 0.2) is 0 Å². The van der Waals surface area contributed by atoms with Gasteiger partial charge < -0.3 is 9.13 Å². The highest BCUT2D eigenvalue weighted by atomic mass is 19.4. The van der Waals surface area contributed by atoms with Crippen LogP contribution < -0.4 is 0 Å². The molecular weight excluding hydrogens is 865 g/mol. The number of nitrogens with zero attached hydrogens (tertiary/aromatic N) is 3. The Balaban J connectivity index is 1.26. The first-order valence-electron chi connectivity index (χ1n) is 21.9. The minimum absolute atomic E-state index is 0.172. The van der Waals surface area contributed by atoms with Gasteiger partial charge in [-0.2, -0.15) is 31.6 Å². The number of aryl methyl sites for hydroxylation is 2. The van der Waals surface area contributed by atoms with Gasteiger partial charge in [-0.05, 0) is 114 Å². The van der Waals surface area contributed by atoms with Gasteiger partial charge in [-0.1, -0.05) is 126 Å². The molecule has 0 aliphatic rings. The molecule has 0 saturated heterocycles. The lowest BCUT2D eigenvalue weighted by molar-refractivity contribution is -0.142. The fourth-order valence-electron chi connectivity index (χ4n) is 10.00. The third-order valence-electron chi connectivity index (χ3n) is 12.9. The molecule has 0 bridgehead atoms. The normalized spacial score (nSPS) is 12.1. The summed E-state index contributed by atoms with van der Waals surface area (Å²) in [5.41, 5.74) is 6.87. The quantitative estimate of drug-likeness (QED) is 0.153. The maximum atomic E-state index is 15.0. The summed E-state index contributed by atoms with van der Waals surface area (Å²) in [7, 11) is 0. The Morgan fingerprint density at radius 1 is 0.382 bits per heavy atom. The lowest BCUT2D eigenvalue weighted by Crippen LogP contribution is -2.14. The molecule has 2 heterocycles. The molecule has 0 aliphatic heterocycles. The average Bonchev–Trinajstić information content (AvgIpc) is 3.85. The standard InChI is InChI=1S/C59H37F6N3/c1-35-11-7-13-37(29-35)39-23-26-52-45(31-39)43-16-3-5-20-50(43)67(52)54-28-25-41(57-48(58(60,61)62)18-10-19-49(57)59(63,64)65)33-47(54)56-42(34-66)15-9-22-55(56)68-51-21-6-4-17-44(51)46-32-40(24-27-53(46)68)38-14-8-12-36(2)30-38/h3-33H,1-2H3. The molecule has 68 heavy (non-hydrogen) atoms. The summed E-state index contributed by atoms with van der Waals surface area (Å²) < 4.78 is 93.8. The minimum Gasteiger partial charge on any atom is -0.309 e. The van der Waals surface area contributed by atoms with Crippen molar-refractivity contribution in [2.45, 2.75) is 26.2 Å². The fourth-order valence-corrected chi connectivity index (χ4v) is 10.00. The highest BCUT2D eigenvalue weighted by molar-refractivity contribution is 6.13. The van der Waals surface area contributed by atoms with Crippen molar-refractivity contribution in [2.75, 3.05) is 0 Å². The van der Waals surface area contributed by atoms with E-state index in [9.17, 15) is 31.6 Å². The third-order valence-corrected chi connectivity index (χ3v) is 12.9. The zero-order chi connectivity index (χ0) is 47.1. The molecule has 0 amide bonds. The van der Waals surface area contributed by atoms with Crippen molar-refractivity contribution in [3.63, 3.8) is 0 Å². The fraction of sp³-hybridized carbons (Fsp3) is 0.0678. The van der Waals surface area contributed by atoms with E-state index >= 15 is 0 Å². The van der Waals surface area contributed by atoms with Crippen LogP contribution in [0, 0.1) is 25.2 Å². The Bertz CT molecular complexity index is 3850. The van der Waals surface area contributed by atoms with Crippen LogP contribution >= 0.6 is 0 Å². The van der Waals surface area contributed by atoms with Gasteiger partial charge >= 0.3 is 12.4 Å². The molecule has 3 nitrogen and oxygen atoms in total. The summed E-state index contributed by atoms with van der Waals surface area (Å²) in [4.78, 5) is 0. The number of hydrogen-bond acceptors (Lipinski definition) is 1. The van der Waals surface area contributed by atoms with Crippen molar-refractivity contribution in [2.24, 2.45) is 0 Å². The van der Waals surface area contributed by atoms with Crippen LogP contribution in [0.1, 0.15) is 27.8 Å². The van der Waals surface area contributed by atoms with Gasteiger partial charge in [0.05, 0.1) is 56.2 Å². The van der Waals surface area contributed by atoms with Gasteiger partial charge in [0.25, 0.3) is 0 Å². The van der Waals surface area contributed by atoms with Crippen LogP contribution in [0.2, 0.25) is 0 Å². The summed E-state index contributed by atoms with van der Waals surface area (Å²) in [6.45, 7) is 4.06. The first-order chi connectivity index (χ1) is 32.8. The van der Waals surface area contributed by atoms with E-state index in [-0.39, 0.29) is 16.7 Å². The summed E-state index contributed by atoms with van der Waals surface area (Å²) in [6, 6.07) is 58.2. The molecule has 0 saturated carbocycles. The van der Waals surface area contributed by atoms with Crippen LogP contribution in [0.4, 0.5) is 26.3 Å². The van der Waals surface area contributed by atoms with Crippen molar-refractivity contribution in [1.82, 2.24) is 9.13 Å². The molecule has 0 atom stereocenters. The first kappa shape index (κ1) is 42.3. The van der Waals surface area contributed by atoms with E-state index in [0.29, 0.717) is 29.1 Å². The Morgan fingerprint density at radius 3 is 1.35 bits per heavy atom. The number of halogens is 6. The Morgan fingerprint density at radius 2 is 0.838 bits per heavy atom. The van der Waals surface area contributed by atoms with Crippen LogP contribution in [0.25, 0.3) is 99.5 Å². The van der Waals surface area contributed by atoms with Crippen LogP contribution in [-0.4, -0.2) is 9.13 Å². The molecule has 0 unspecified atom stereocenters. The highest BCUT2D eigenvalue weighted by Crippen LogP contribution is 2.48. The van der Waals surface area contributed by atoms with Crippen molar-refractivity contribution in [3.8, 4) is 62.0 Å². The van der Waals surface area contributed by atoms with E-state index < -0.39 is 29.0 Å². The average molecular weight is 902 g/mol. The molecule has 11 aromatic rings. The number of hydrogen-bond donors (Lipinski definition) is 0. The molecule has 0 aliphatic carbocycles. The topological polar surface area (TPSA) is 33.6 Å². The SMILES string of the molecule is Cc1cccc(-c2ccc3c(c2)c2ccccc2n3-c2ccc(-c3c(C(F)(F)F)cccc3C(F)(F)F)cc2-c2c(C#N)cccc2-n2c3ccccc3c3cc(-c4cccc(C)c4)ccc32)c1. The van der Waals surface area contributed by atoms with Gasteiger partial charge in [-0.25, -0.2) is 0 Å². The summed E-state index contributed by atoms with van der Waals surface area (Å²) in [5, 5.41) is 14.7.